The van der Waals surface area contributed by atoms with Crippen LogP contribution in [0.2, 0.25) is 0 Å². The van der Waals surface area contributed by atoms with Gasteiger partial charge < -0.3 is 44.7 Å². The van der Waals surface area contributed by atoms with Gasteiger partial charge in [0.25, 0.3) is 0 Å². The number of aromatic nitrogens is 2. The zero-order chi connectivity index (χ0) is 56.0. The molecule has 0 saturated carbocycles. The van der Waals surface area contributed by atoms with Gasteiger partial charge in [-0.25, -0.2) is 13.9 Å². The van der Waals surface area contributed by atoms with Crippen LogP contribution < -0.4 is 11.4 Å². The van der Waals surface area contributed by atoms with Gasteiger partial charge in [0.15, 0.2) is 12.3 Å². The zero-order valence-electron chi connectivity index (χ0n) is 44.4. The number of carbonyl (C=O) groups excluding carboxylic acids is 2. The molecule has 3 rings (SSSR count). The van der Waals surface area contributed by atoms with E-state index in [0.29, 0.717) is 31.5 Å². The number of aliphatic hydroxyl groups is 2. The van der Waals surface area contributed by atoms with Crippen LogP contribution >= 0.6 is 15.6 Å². The van der Waals surface area contributed by atoms with Crippen molar-refractivity contribution in [2.24, 2.45) is 0 Å². The number of anilines is 1. The summed E-state index contributed by atoms with van der Waals surface area (Å²) in [6.07, 6.45) is 50.3. The largest absolute Gasteiger partial charge is 0.481 e. The van der Waals surface area contributed by atoms with Gasteiger partial charge in [0.1, 0.15) is 30.7 Å². The number of nitrogens with zero attached hydrogens (tertiary/aromatic N) is 2. The third-order valence-corrected chi connectivity index (χ3v) is 13.8. The Morgan fingerprint density at radius 3 is 1.57 bits per heavy atom. The highest BCUT2D eigenvalue weighted by molar-refractivity contribution is 7.61. The van der Waals surface area contributed by atoms with Gasteiger partial charge >= 0.3 is 33.3 Å². The average molecular weight is 1110 g/mol. The van der Waals surface area contributed by atoms with Crippen molar-refractivity contribution in [2.75, 3.05) is 25.6 Å². The number of ether oxygens (including phenoxy) is 4. The Labute approximate surface area is 453 Å². The maximum absolute atomic E-state index is 12.9. The first-order chi connectivity index (χ1) is 37.1. The van der Waals surface area contributed by atoms with E-state index in [1.807, 2.05) is 42.5 Å². The molecule has 21 heteroatoms. The first kappa shape index (κ1) is 66.1. The molecular weight excluding hydrogens is 1030 g/mol. The molecule has 2 aliphatic heterocycles. The van der Waals surface area contributed by atoms with Crippen LogP contribution in [0.3, 0.4) is 0 Å². The standard InChI is InChI=1S/C56H81N3O16P2/c1-3-5-7-8-9-10-11-12-13-14-15-16-17-18-22-25-28-31-35-39-51(60)69-43-46(72-52(61)40-36-32-29-26-23-20-19-21-24-27-30-34-38-48-47(73-48)37-33-6-4-2)44-70-76(65,66)75-77(67,68)71-45-49-53(62)54(63)55(74-49)59-42-41-50(57)58-56(59)64/h5-7,9-10,12-13,15-16,18,20-24,28-34,41-42,46-49,53-55,62-63H,3-4,8,11,14,17,19,25-27,35-40,43-45H2,1-2H3,(H,65,66)(H,67,68)(H2,57,58,64)/b7-5-,10-9-,13-12-,16-15-,22-18-,23-20-,24-21-,31-28-,32-29-,33-6-,34-30-/t46-,47?,48?,49-,53-,54-,55-/m1/s1. The van der Waals surface area contributed by atoms with Gasteiger partial charge in [-0.3, -0.25) is 23.2 Å². The molecule has 1 aromatic heterocycles. The van der Waals surface area contributed by atoms with Gasteiger partial charge in [-0.1, -0.05) is 148 Å². The number of allylic oxidation sites excluding steroid dienone is 20. The van der Waals surface area contributed by atoms with Crippen LogP contribution in [0.15, 0.2) is 151 Å². The molecule has 6 N–H and O–H groups in total. The molecule has 0 spiro atoms. The number of rotatable bonds is 40. The second kappa shape index (κ2) is 39.3. The number of aliphatic hydroxyl groups excluding tert-OH is 2. The van der Waals surface area contributed by atoms with E-state index in [4.69, 9.17) is 33.7 Å². The molecule has 3 heterocycles. The molecule has 4 unspecified atom stereocenters. The molecule has 0 bridgehead atoms. The number of nitrogen functional groups attached to an aromatic ring is 1. The predicted molar refractivity (Wildman–Crippen MR) is 297 cm³/mol. The Bertz CT molecular complexity index is 2390. The lowest BCUT2D eigenvalue weighted by Crippen LogP contribution is -2.36. The number of phosphoric acid groups is 2. The Hall–Kier alpha value is -5.14. The van der Waals surface area contributed by atoms with E-state index in [0.717, 1.165) is 75.0 Å². The minimum Gasteiger partial charge on any atom is -0.462 e. The third kappa shape index (κ3) is 31.1. The van der Waals surface area contributed by atoms with E-state index < -0.39 is 83.7 Å². The second-order valence-electron chi connectivity index (χ2n) is 17.6. The summed E-state index contributed by atoms with van der Waals surface area (Å²) in [7, 11) is -10.9. The first-order valence-corrected chi connectivity index (χ1v) is 29.3. The van der Waals surface area contributed by atoms with Gasteiger partial charge in [0.2, 0.25) is 0 Å². The van der Waals surface area contributed by atoms with Crippen LogP contribution in [0.5, 0.6) is 0 Å². The Kier molecular flexibility index (Phi) is 33.7. The van der Waals surface area contributed by atoms with Crippen LogP contribution in [-0.2, 0) is 51.0 Å². The third-order valence-electron chi connectivity index (χ3n) is 11.2. The van der Waals surface area contributed by atoms with E-state index >= 15 is 0 Å². The molecule has 77 heavy (non-hydrogen) atoms. The zero-order valence-corrected chi connectivity index (χ0v) is 46.2. The van der Waals surface area contributed by atoms with Crippen LogP contribution in [0.4, 0.5) is 5.82 Å². The normalized spacial score (nSPS) is 22.3. The van der Waals surface area contributed by atoms with Gasteiger partial charge in [-0.2, -0.15) is 9.29 Å². The van der Waals surface area contributed by atoms with Crippen LogP contribution in [0, 0.1) is 0 Å². The van der Waals surface area contributed by atoms with E-state index in [-0.39, 0.29) is 25.1 Å². The molecule has 2 aliphatic rings. The minimum atomic E-state index is -5.47. The summed E-state index contributed by atoms with van der Waals surface area (Å²) >= 11 is 0. The van der Waals surface area contributed by atoms with Crippen LogP contribution in [0.1, 0.15) is 123 Å². The van der Waals surface area contributed by atoms with Crippen molar-refractivity contribution in [3.05, 3.63) is 156 Å². The number of esters is 2. The molecule has 1 aromatic rings. The van der Waals surface area contributed by atoms with Crippen molar-refractivity contribution >= 4 is 33.4 Å². The highest BCUT2D eigenvalue weighted by Gasteiger charge is 2.46. The van der Waals surface area contributed by atoms with Gasteiger partial charge in [-0.05, 0) is 96.0 Å². The molecule has 2 fully saturated rings. The van der Waals surface area contributed by atoms with Crippen LogP contribution in [-0.4, -0.2) is 97.9 Å². The average Bonchev–Trinajstić information content (AvgIpc) is 4.09. The Balaban J connectivity index is 1.43. The number of nitrogens with two attached hydrogens (primary N) is 1. The summed E-state index contributed by atoms with van der Waals surface area (Å²) in [6, 6.07) is 1.24. The van der Waals surface area contributed by atoms with Crippen molar-refractivity contribution in [3.8, 4) is 0 Å². The second-order valence-corrected chi connectivity index (χ2v) is 20.7. The van der Waals surface area contributed by atoms with E-state index in [1.54, 1.807) is 6.08 Å². The van der Waals surface area contributed by atoms with Crippen molar-refractivity contribution < 1.29 is 71.0 Å². The molecule has 2 saturated heterocycles. The molecule has 0 aromatic carbocycles. The fraction of sp³-hybridized carbons (Fsp3) is 0.500. The van der Waals surface area contributed by atoms with Crippen LogP contribution in [0.25, 0.3) is 0 Å². The monoisotopic (exact) mass is 1110 g/mol. The molecule has 19 nitrogen and oxygen atoms in total. The predicted octanol–water partition coefficient (Wildman–Crippen LogP) is 10.3. The lowest BCUT2D eigenvalue weighted by Gasteiger charge is -2.21. The van der Waals surface area contributed by atoms with Gasteiger partial charge in [0.05, 0.1) is 25.4 Å². The maximum Gasteiger partial charge on any atom is 0.481 e. The highest BCUT2D eigenvalue weighted by Crippen LogP contribution is 2.60. The fourth-order valence-corrected chi connectivity index (χ4v) is 9.16. The van der Waals surface area contributed by atoms with E-state index in [1.165, 1.54) is 6.07 Å². The summed E-state index contributed by atoms with van der Waals surface area (Å²) in [5.74, 6) is -1.52. The molecule has 9 atom stereocenters. The van der Waals surface area contributed by atoms with Crippen molar-refractivity contribution in [1.29, 1.82) is 0 Å². The minimum absolute atomic E-state index is 0.0252. The van der Waals surface area contributed by atoms with Gasteiger partial charge in [0, 0.05) is 19.0 Å². The van der Waals surface area contributed by atoms with E-state index in [9.17, 15) is 43.5 Å². The molecule has 0 aliphatic carbocycles. The number of hydrogen-bond acceptors (Lipinski definition) is 16. The number of hydrogen-bond donors (Lipinski definition) is 5. The smallest absolute Gasteiger partial charge is 0.462 e. The number of carbonyl (C=O) groups is 2. The molecular formula is C56H81N3O16P2. The lowest BCUT2D eigenvalue weighted by atomic mass is 10.1. The Morgan fingerprint density at radius 2 is 1.06 bits per heavy atom. The quantitative estimate of drug-likeness (QED) is 0.0177. The first-order valence-electron chi connectivity index (χ1n) is 26.3. The summed E-state index contributed by atoms with van der Waals surface area (Å²) < 4.78 is 62.3. The fourth-order valence-electron chi connectivity index (χ4n) is 7.05. The van der Waals surface area contributed by atoms with Gasteiger partial charge in [-0.15, -0.1) is 0 Å². The number of epoxide rings is 1. The lowest BCUT2D eigenvalue weighted by molar-refractivity contribution is -0.161. The summed E-state index contributed by atoms with van der Waals surface area (Å²) in [5.41, 5.74) is 4.58. The topological polar surface area (TPSA) is 278 Å². The van der Waals surface area contributed by atoms with Crippen molar-refractivity contribution in [3.63, 3.8) is 0 Å². The molecule has 426 valence electrons. The van der Waals surface area contributed by atoms with E-state index in [2.05, 4.69) is 108 Å². The van der Waals surface area contributed by atoms with Crippen molar-refractivity contribution in [2.45, 2.75) is 159 Å². The summed E-state index contributed by atoms with van der Waals surface area (Å²) in [6.45, 7) is 1.76. The highest BCUT2D eigenvalue weighted by atomic mass is 31.3. The summed E-state index contributed by atoms with van der Waals surface area (Å²) in [4.78, 5) is 61.9. The molecule has 0 radical (unpaired) electrons. The van der Waals surface area contributed by atoms with Crippen molar-refractivity contribution in [1.82, 2.24) is 9.55 Å². The SMILES string of the molecule is CC/C=C\C/C=C\C/C=C\C/C=C\C/C=C\C/C=C\CCC(=O)OC[C@H](COP(=O)(O)OP(=O)(O)OC[C@H]1O[C@@H](n2ccc(N)nc2=O)[C@H](O)[C@@H]1O)OC(=O)CC/C=C\C/C=C\C/C=C\C/C=C\CC1OC1C/C=C\CC. The molecule has 0 amide bonds. The maximum atomic E-state index is 12.9. The Morgan fingerprint density at radius 1 is 0.623 bits per heavy atom. The number of phosphoric ester groups is 2. The summed E-state index contributed by atoms with van der Waals surface area (Å²) in [5, 5.41) is 20.9.